The van der Waals surface area contributed by atoms with E-state index in [0.29, 0.717) is 19.4 Å². The monoisotopic (exact) mass is 181 g/mol. The van der Waals surface area contributed by atoms with Crippen molar-refractivity contribution in [3.8, 4) is 6.07 Å². The van der Waals surface area contributed by atoms with Crippen molar-refractivity contribution < 1.29 is 9.53 Å². The van der Waals surface area contributed by atoms with Gasteiger partial charge < -0.3 is 4.74 Å². The second kappa shape index (κ2) is 4.38. The molecular formula is C10H15NO2. The van der Waals surface area contributed by atoms with E-state index in [0.717, 1.165) is 19.3 Å². The third-order valence-electron chi connectivity index (χ3n) is 2.71. The van der Waals surface area contributed by atoms with E-state index in [2.05, 4.69) is 6.07 Å². The number of ether oxygens (including phenoxy) is 1. The number of carbonyl (C=O) groups is 1. The summed E-state index contributed by atoms with van der Waals surface area (Å²) in [7, 11) is 1.63. The van der Waals surface area contributed by atoms with Crippen molar-refractivity contribution in [2.45, 2.75) is 32.1 Å². The maximum Gasteiger partial charge on any atom is 0.153 e. The van der Waals surface area contributed by atoms with Crippen LogP contribution in [0.3, 0.4) is 0 Å². The molecule has 0 bridgehead atoms. The lowest BCUT2D eigenvalue weighted by molar-refractivity contribution is -0.123. The van der Waals surface area contributed by atoms with Gasteiger partial charge in [0.25, 0.3) is 0 Å². The molecule has 1 rings (SSSR count). The van der Waals surface area contributed by atoms with Gasteiger partial charge in [-0.25, -0.2) is 0 Å². The number of nitrogens with zero attached hydrogens (tertiary/aromatic N) is 1. The van der Waals surface area contributed by atoms with Crippen molar-refractivity contribution in [3.63, 3.8) is 0 Å². The summed E-state index contributed by atoms with van der Waals surface area (Å²) in [6.45, 7) is 0.636. The summed E-state index contributed by atoms with van der Waals surface area (Å²) in [6.07, 6.45) is 3.66. The van der Waals surface area contributed by atoms with Crippen molar-refractivity contribution in [1.82, 2.24) is 0 Å². The molecule has 1 fully saturated rings. The Hall–Kier alpha value is -0.880. The first-order valence-electron chi connectivity index (χ1n) is 4.69. The maximum absolute atomic E-state index is 11.5. The molecule has 3 nitrogen and oxygen atoms in total. The average Bonchev–Trinajstić information content (AvgIpc) is 2.49. The summed E-state index contributed by atoms with van der Waals surface area (Å²) in [5.41, 5.74) is -0.668. The minimum absolute atomic E-state index is 0.131. The molecule has 0 aliphatic heterocycles. The Balaban J connectivity index is 2.51. The highest BCUT2D eigenvalue weighted by atomic mass is 16.5. The van der Waals surface area contributed by atoms with Crippen LogP contribution in [0.5, 0.6) is 0 Å². The molecule has 1 atom stereocenters. The Bertz CT molecular complexity index is 232. The molecule has 1 aliphatic carbocycles. The number of hydrogen-bond acceptors (Lipinski definition) is 3. The molecule has 3 heteroatoms. The van der Waals surface area contributed by atoms with Crippen LogP contribution in [0.2, 0.25) is 0 Å². The number of Topliss-reactive ketones (excluding diaryl/α,β-unsaturated/α-hetero) is 1. The molecule has 13 heavy (non-hydrogen) atoms. The lowest BCUT2D eigenvalue weighted by Crippen LogP contribution is -2.23. The molecular weight excluding hydrogens is 166 g/mol. The van der Waals surface area contributed by atoms with Crippen LogP contribution in [0.1, 0.15) is 32.1 Å². The Labute approximate surface area is 78.7 Å². The number of carbonyl (C=O) groups excluding carboxylic acids is 1. The van der Waals surface area contributed by atoms with Gasteiger partial charge in [-0.2, -0.15) is 5.26 Å². The zero-order chi connectivity index (χ0) is 9.73. The van der Waals surface area contributed by atoms with Gasteiger partial charge in [-0.15, -0.1) is 0 Å². The molecule has 1 unspecified atom stereocenters. The van der Waals surface area contributed by atoms with Gasteiger partial charge in [-0.3, -0.25) is 4.79 Å². The quantitative estimate of drug-likeness (QED) is 0.620. The highest BCUT2D eigenvalue weighted by Crippen LogP contribution is 2.38. The average molecular weight is 181 g/mol. The van der Waals surface area contributed by atoms with E-state index >= 15 is 0 Å². The lowest BCUT2D eigenvalue weighted by atomic mass is 9.82. The van der Waals surface area contributed by atoms with E-state index in [1.54, 1.807) is 7.11 Å². The number of methoxy groups -OCH3 is 1. The van der Waals surface area contributed by atoms with Crippen LogP contribution < -0.4 is 0 Å². The molecule has 0 aromatic carbocycles. The molecule has 0 aromatic rings. The summed E-state index contributed by atoms with van der Waals surface area (Å²) in [5, 5.41) is 8.97. The maximum atomic E-state index is 11.5. The van der Waals surface area contributed by atoms with Gasteiger partial charge in [0.05, 0.1) is 6.07 Å². The van der Waals surface area contributed by atoms with Gasteiger partial charge in [0.2, 0.25) is 0 Å². The molecule has 0 heterocycles. The van der Waals surface area contributed by atoms with Crippen LogP contribution >= 0.6 is 0 Å². The molecule has 0 N–H and O–H groups in total. The van der Waals surface area contributed by atoms with Crippen LogP contribution in [-0.4, -0.2) is 19.5 Å². The van der Waals surface area contributed by atoms with Crippen LogP contribution in [-0.2, 0) is 9.53 Å². The van der Waals surface area contributed by atoms with E-state index in [9.17, 15) is 4.79 Å². The summed E-state index contributed by atoms with van der Waals surface area (Å²) in [6, 6.07) is 2.18. The van der Waals surface area contributed by atoms with Gasteiger partial charge in [0.15, 0.2) is 5.78 Å². The highest BCUT2D eigenvalue weighted by Gasteiger charge is 2.41. The number of rotatable bonds is 4. The zero-order valence-corrected chi connectivity index (χ0v) is 8.01. The van der Waals surface area contributed by atoms with E-state index in [1.165, 1.54) is 0 Å². The molecule has 0 aromatic heterocycles. The minimum atomic E-state index is -0.668. The van der Waals surface area contributed by atoms with Crippen LogP contribution in [0.4, 0.5) is 0 Å². The molecule has 0 spiro atoms. The molecule has 0 saturated heterocycles. The van der Waals surface area contributed by atoms with E-state index in [-0.39, 0.29) is 5.78 Å². The van der Waals surface area contributed by atoms with Gasteiger partial charge >= 0.3 is 0 Å². The first-order chi connectivity index (χ1) is 6.25. The summed E-state index contributed by atoms with van der Waals surface area (Å²) < 4.78 is 4.91. The fourth-order valence-corrected chi connectivity index (χ4v) is 1.89. The van der Waals surface area contributed by atoms with Crippen molar-refractivity contribution in [2.24, 2.45) is 5.41 Å². The molecule has 0 radical (unpaired) electrons. The summed E-state index contributed by atoms with van der Waals surface area (Å²) >= 11 is 0. The molecule has 72 valence electrons. The van der Waals surface area contributed by atoms with Gasteiger partial charge in [-0.1, -0.05) is 0 Å². The van der Waals surface area contributed by atoms with Crippen molar-refractivity contribution in [1.29, 1.82) is 5.26 Å². The topological polar surface area (TPSA) is 50.1 Å². The van der Waals surface area contributed by atoms with Gasteiger partial charge in [0, 0.05) is 20.1 Å². The van der Waals surface area contributed by atoms with Crippen LogP contribution in [0.25, 0.3) is 0 Å². The predicted octanol–water partition coefficient (Wildman–Crippen LogP) is 1.68. The van der Waals surface area contributed by atoms with E-state index < -0.39 is 5.41 Å². The molecule has 0 amide bonds. The first-order valence-corrected chi connectivity index (χ1v) is 4.69. The Morgan fingerprint density at radius 3 is 2.92 bits per heavy atom. The van der Waals surface area contributed by atoms with Crippen LogP contribution in [0.15, 0.2) is 0 Å². The van der Waals surface area contributed by atoms with Crippen molar-refractivity contribution in [2.75, 3.05) is 13.7 Å². The zero-order valence-electron chi connectivity index (χ0n) is 8.01. The summed E-state index contributed by atoms with van der Waals surface area (Å²) in [5.74, 6) is 0.131. The Morgan fingerprint density at radius 2 is 2.46 bits per heavy atom. The first kappa shape index (κ1) is 10.2. The SMILES string of the molecule is COCCCC1(C#N)CCCC1=O. The largest absolute Gasteiger partial charge is 0.385 e. The second-order valence-corrected chi connectivity index (χ2v) is 3.57. The molecule has 1 saturated carbocycles. The standard InChI is InChI=1S/C10H15NO2/c1-13-7-3-6-10(8-11)5-2-4-9(10)12/h2-7H2,1H3. The summed E-state index contributed by atoms with van der Waals surface area (Å²) in [4.78, 5) is 11.5. The Morgan fingerprint density at radius 1 is 1.69 bits per heavy atom. The fourth-order valence-electron chi connectivity index (χ4n) is 1.89. The normalized spacial score (nSPS) is 27.5. The number of ketones is 1. The number of hydrogen-bond donors (Lipinski definition) is 0. The van der Waals surface area contributed by atoms with Gasteiger partial charge in [0.1, 0.15) is 5.41 Å². The van der Waals surface area contributed by atoms with Crippen LogP contribution in [0, 0.1) is 16.7 Å². The Kier molecular flexibility index (Phi) is 3.44. The fraction of sp³-hybridized carbons (Fsp3) is 0.800. The third-order valence-corrected chi connectivity index (χ3v) is 2.71. The van der Waals surface area contributed by atoms with Crippen molar-refractivity contribution >= 4 is 5.78 Å². The number of nitriles is 1. The molecule has 1 aliphatic rings. The second-order valence-electron chi connectivity index (χ2n) is 3.57. The smallest absolute Gasteiger partial charge is 0.153 e. The lowest BCUT2D eigenvalue weighted by Gasteiger charge is -2.17. The predicted molar refractivity (Wildman–Crippen MR) is 48.0 cm³/mol. The van der Waals surface area contributed by atoms with E-state index in [4.69, 9.17) is 10.00 Å². The van der Waals surface area contributed by atoms with E-state index in [1.807, 2.05) is 0 Å². The van der Waals surface area contributed by atoms with Gasteiger partial charge in [-0.05, 0) is 25.7 Å². The van der Waals surface area contributed by atoms with Crippen molar-refractivity contribution in [3.05, 3.63) is 0 Å². The highest BCUT2D eigenvalue weighted by molar-refractivity contribution is 5.89. The minimum Gasteiger partial charge on any atom is -0.385 e. The third kappa shape index (κ3) is 2.07.